The molecule has 0 aromatic carbocycles. The molecule has 2 N–H and O–H groups in total. The monoisotopic (exact) mass is 157 g/mol. The van der Waals surface area contributed by atoms with Crippen LogP contribution in [0.4, 0.5) is 0 Å². The third-order valence-corrected chi connectivity index (χ3v) is 3.14. The highest BCUT2D eigenvalue weighted by atomic mass is 16.5. The highest BCUT2D eigenvalue weighted by Gasteiger charge is 2.40. The van der Waals surface area contributed by atoms with Gasteiger partial charge in [-0.05, 0) is 18.8 Å². The zero-order valence-corrected chi connectivity index (χ0v) is 7.60. The van der Waals surface area contributed by atoms with Crippen LogP contribution in [-0.2, 0) is 4.74 Å². The molecule has 1 rings (SSSR count). The molecule has 1 aliphatic carbocycles. The predicted molar refractivity (Wildman–Crippen MR) is 46.4 cm³/mol. The van der Waals surface area contributed by atoms with E-state index in [0.29, 0.717) is 12.5 Å². The van der Waals surface area contributed by atoms with Crippen molar-refractivity contribution < 1.29 is 4.74 Å². The molecule has 66 valence electrons. The van der Waals surface area contributed by atoms with Crippen LogP contribution in [-0.4, -0.2) is 19.3 Å². The molecular formula is C9H19NO. The van der Waals surface area contributed by atoms with Crippen molar-refractivity contribution in [1.29, 1.82) is 0 Å². The minimum atomic E-state index is 0.0226. The summed E-state index contributed by atoms with van der Waals surface area (Å²) in [5.74, 6) is 0.692. The van der Waals surface area contributed by atoms with Gasteiger partial charge in [-0.25, -0.2) is 0 Å². The minimum absolute atomic E-state index is 0.0226. The van der Waals surface area contributed by atoms with Gasteiger partial charge in [-0.2, -0.15) is 0 Å². The van der Waals surface area contributed by atoms with E-state index >= 15 is 0 Å². The van der Waals surface area contributed by atoms with E-state index in [2.05, 4.69) is 6.92 Å². The summed E-state index contributed by atoms with van der Waals surface area (Å²) in [6, 6.07) is 0. The first-order valence-electron chi connectivity index (χ1n) is 4.54. The first kappa shape index (κ1) is 9.01. The molecule has 1 fully saturated rings. The second kappa shape index (κ2) is 3.55. The normalized spacial score (nSPS) is 37.9. The fraction of sp³-hybridized carbons (Fsp3) is 1.00. The Kier molecular flexibility index (Phi) is 2.90. The van der Waals surface area contributed by atoms with Crippen LogP contribution in [0, 0.1) is 5.92 Å². The molecule has 2 atom stereocenters. The fourth-order valence-electron chi connectivity index (χ4n) is 2.31. The second-order valence-electron chi connectivity index (χ2n) is 3.47. The number of nitrogens with two attached hydrogens (primary N) is 1. The average molecular weight is 157 g/mol. The van der Waals surface area contributed by atoms with Gasteiger partial charge in [0.05, 0.1) is 5.60 Å². The van der Waals surface area contributed by atoms with E-state index in [9.17, 15) is 0 Å². The zero-order chi connectivity index (χ0) is 8.32. The van der Waals surface area contributed by atoms with Crippen LogP contribution < -0.4 is 5.73 Å². The lowest BCUT2D eigenvalue weighted by Gasteiger charge is -2.32. The Bertz CT molecular complexity index is 121. The first-order chi connectivity index (χ1) is 5.29. The molecule has 0 aromatic rings. The van der Waals surface area contributed by atoms with E-state index in [-0.39, 0.29) is 5.60 Å². The molecule has 0 aromatic heterocycles. The van der Waals surface area contributed by atoms with Gasteiger partial charge in [0.2, 0.25) is 0 Å². The average Bonchev–Trinajstić information content (AvgIpc) is 2.47. The summed E-state index contributed by atoms with van der Waals surface area (Å²) in [6.45, 7) is 2.90. The number of ether oxygens (including phenoxy) is 1. The van der Waals surface area contributed by atoms with E-state index < -0.39 is 0 Å². The second-order valence-corrected chi connectivity index (χ2v) is 3.47. The molecule has 1 aliphatic rings. The molecule has 0 bridgehead atoms. The molecular weight excluding hydrogens is 138 g/mol. The van der Waals surface area contributed by atoms with E-state index in [1.165, 1.54) is 19.3 Å². The molecule has 0 heterocycles. The van der Waals surface area contributed by atoms with Gasteiger partial charge in [-0.1, -0.05) is 19.8 Å². The van der Waals surface area contributed by atoms with Crippen LogP contribution in [0.5, 0.6) is 0 Å². The third kappa shape index (κ3) is 1.42. The summed E-state index contributed by atoms with van der Waals surface area (Å²) in [5, 5.41) is 0. The molecule has 0 saturated heterocycles. The molecule has 0 amide bonds. The molecule has 11 heavy (non-hydrogen) atoms. The van der Waals surface area contributed by atoms with Gasteiger partial charge < -0.3 is 10.5 Å². The lowest BCUT2D eigenvalue weighted by molar-refractivity contribution is -0.0344. The highest BCUT2D eigenvalue weighted by molar-refractivity contribution is 4.93. The van der Waals surface area contributed by atoms with Crippen molar-refractivity contribution in [1.82, 2.24) is 0 Å². The van der Waals surface area contributed by atoms with Crippen molar-refractivity contribution in [2.24, 2.45) is 11.7 Å². The Hall–Kier alpha value is -0.0800. The molecule has 2 unspecified atom stereocenters. The Morgan fingerprint density at radius 2 is 2.36 bits per heavy atom. The first-order valence-corrected chi connectivity index (χ1v) is 4.54. The topological polar surface area (TPSA) is 35.2 Å². The summed E-state index contributed by atoms with van der Waals surface area (Å²) in [6.07, 6.45) is 4.93. The van der Waals surface area contributed by atoms with Crippen LogP contribution >= 0.6 is 0 Å². The van der Waals surface area contributed by atoms with Crippen LogP contribution in [0.3, 0.4) is 0 Å². The fourth-order valence-corrected chi connectivity index (χ4v) is 2.31. The Morgan fingerprint density at radius 1 is 1.64 bits per heavy atom. The van der Waals surface area contributed by atoms with Crippen LogP contribution in [0.2, 0.25) is 0 Å². The summed E-state index contributed by atoms with van der Waals surface area (Å²) in [4.78, 5) is 0. The van der Waals surface area contributed by atoms with Gasteiger partial charge in [0.25, 0.3) is 0 Å². The van der Waals surface area contributed by atoms with Gasteiger partial charge in [-0.3, -0.25) is 0 Å². The maximum absolute atomic E-state index is 5.72. The SMILES string of the molecule is CCC1CCCC1(CN)OC. The summed E-state index contributed by atoms with van der Waals surface area (Å²) >= 11 is 0. The van der Waals surface area contributed by atoms with Crippen molar-refractivity contribution in [3.63, 3.8) is 0 Å². The van der Waals surface area contributed by atoms with Gasteiger partial charge in [0.15, 0.2) is 0 Å². The quantitative estimate of drug-likeness (QED) is 0.674. The maximum atomic E-state index is 5.72. The standard InChI is InChI=1S/C9H19NO/c1-3-8-5-4-6-9(8,7-10)11-2/h8H,3-7,10H2,1-2H3. The molecule has 1 saturated carbocycles. The lowest BCUT2D eigenvalue weighted by atomic mass is 9.88. The van der Waals surface area contributed by atoms with Crippen molar-refractivity contribution in [3.05, 3.63) is 0 Å². The van der Waals surface area contributed by atoms with E-state index in [4.69, 9.17) is 10.5 Å². The van der Waals surface area contributed by atoms with Crippen LogP contribution in [0.1, 0.15) is 32.6 Å². The van der Waals surface area contributed by atoms with Crippen molar-refractivity contribution in [3.8, 4) is 0 Å². The maximum Gasteiger partial charge on any atom is 0.0828 e. The third-order valence-electron chi connectivity index (χ3n) is 3.14. The minimum Gasteiger partial charge on any atom is -0.377 e. The van der Waals surface area contributed by atoms with E-state index in [1.807, 2.05) is 0 Å². The number of hydrogen-bond acceptors (Lipinski definition) is 2. The molecule has 0 aliphatic heterocycles. The molecule has 2 heteroatoms. The molecule has 0 radical (unpaired) electrons. The summed E-state index contributed by atoms with van der Waals surface area (Å²) in [5.41, 5.74) is 5.74. The van der Waals surface area contributed by atoms with Crippen LogP contribution in [0.15, 0.2) is 0 Å². The lowest BCUT2D eigenvalue weighted by Crippen LogP contribution is -2.42. The van der Waals surface area contributed by atoms with E-state index in [0.717, 1.165) is 6.42 Å². The van der Waals surface area contributed by atoms with Crippen molar-refractivity contribution in [2.75, 3.05) is 13.7 Å². The number of methoxy groups -OCH3 is 1. The molecule has 0 spiro atoms. The summed E-state index contributed by atoms with van der Waals surface area (Å²) < 4.78 is 5.53. The van der Waals surface area contributed by atoms with Crippen LogP contribution in [0.25, 0.3) is 0 Å². The zero-order valence-electron chi connectivity index (χ0n) is 7.60. The number of rotatable bonds is 3. The Morgan fingerprint density at radius 3 is 2.73 bits per heavy atom. The Balaban J connectivity index is 2.63. The molecule has 2 nitrogen and oxygen atoms in total. The van der Waals surface area contributed by atoms with E-state index in [1.54, 1.807) is 7.11 Å². The van der Waals surface area contributed by atoms with Crippen molar-refractivity contribution >= 4 is 0 Å². The number of hydrogen-bond donors (Lipinski definition) is 1. The summed E-state index contributed by atoms with van der Waals surface area (Å²) in [7, 11) is 1.79. The smallest absolute Gasteiger partial charge is 0.0828 e. The van der Waals surface area contributed by atoms with Gasteiger partial charge in [0, 0.05) is 13.7 Å². The van der Waals surface area contributed by atoms with Gasteiger partial charge >= 0.3 is 0 Å². The van der Waals surface area contributed by atoms with Gasteiger partial charge in [-0.15, -0.1) is 0 Å². The Labute approximate surface area is 69.1 Å². The highest BCUT2D eigenvalue weighted by Crippen LogP contribution is 2.39. The largest absolute Gasteiger partial charge is 0.377 e. The van der Waals surface area contributed by atoms with Crippen molar-refractivity contribution in [2.45, 2.75) is 38.2 Å². The predicted octanol–water partition coefficient (Wildman–Crippen LogP) is 1.54. The van der Waals surface area contributed by atoms with Gasteiger partial charge in [0.1, 0.15) is 0 Å².